The van der Waals surface area contributed by atoms with Crippen LogP contribution in [0.25, 0.3) is 0 Å². The average Bonchev–Trinajstić information content (AvgIpc) is 3.42. The molecule has 1 amide bonds. The van der Waals surface area contributed by atoms with E-state index in [-0.39, 0.29) is 35.3 Å². The summed E-state index contributed by atoms with van der Waals surface area (Å²) in [6.07, 6.45) is 2.98. The Morgan fingerprint density at radius 2 is 2.14 bits per heavy atom. The van der Waals surface area contributed by atoms with Crippen LogP contribution >= 0.6 is 11.3 Å². The number of aliphatic carboxylic acids is 1. The van der Waals surface area contributed by atoms with Gasteiger partial charge in [-0.15, -0.1) is 11.3 Å². The van der Waals surface area contributed by atoms with E-state index in [0.717, 1.165) is 21.8 Å². The number of carbonyl (C=O) groups is 4. The predicted octanol–water partition coefficient (Wildman–Crippen LogP) is -0.679. The van der Waals surface area contributed by atoms with Gasteiger partial charge in [-0.05, 0) is 0 Å². The summed E-state index contributed by atoms with van der Waals surface area (Å²) in [7, 11) is 0.166. The number of nitrogens with zero attached hydrogens (tertiary/aromatic N) is 4. The molecule has 5 heterocycles. The molecule has 2 aromatic heterocycles. The van der Waals surface area contributed by atoms with Gasteiger partial charge >= 0.3 is 11.9 Å². The third kappa shape index (κ3) is 4.17. The summed E-state index contributed by atoms with van der Waals surface area (Å²) in [5, 5.41) is 14.5. The number of nitrogen functional groups attached to an aromatic ring is 1. The number of β-lactam (4-membered cyclic amide) rings is 1. The number of nitrogens with two attached hydrogens (primary N) is 1. The van der Waals surface area contributed by atoms with Gasteiger partial charge in [0.15, 0.2) is 29.0 Å². The van der Waals surface area contributed by atoms with Gasteiger partial charge in [0.25, 0.3) is 5.72 Å². The summed E-state index contributed by atoms with van der Waals surface area (Å²) in [6, 6.07) is 3.64. The molecular weight excluding hydrogens is 526 g/mol. The molecule has 0 aliphatic carbocycles. The number of oxime groups is 1. The molecule has 37 heavy (non-hydrogen) atoms. The SMILES string of the molecule is C[n+]1ccc(CO/N=C(\C(=O)C[C@@H]2C(=O)N3[C@@H]2[S@@](=O)C[C@@H]2CC(=O)O[C@@]23C(=O)O)c2csc(N)n2)cc1. The van der Waals surface area contributed by atoms with Crippen LogP contribution in [-0.4, -0.2) is 65.4 Å². The monoisotopic (exact) mass is 548 g/mol. The lowest BCUT2D eigenvalue weighted by molar-refractivity contribution is -0.671. The predicted molar refractivity (Wildman–Crippen MR) is 127 cm³/mol. The number of carbonyl (C=O) groups excluding carboxylic acids is 3. The molecule has 13 nitrogen and oxygen atoms in total. The lowest BCUT2D eigenvalue weighted by atomic mass is 9.84. The molecule has 5 rings (SSSR count). The number of esters is 1. The van der Waals surface area contributed by atoms with Gasteiger partial charge in [-0.2, -0.15) is 0 Å². The van der Waals surface area contributed by atoms with Gasteiger partial charge in [0.05, 0.1) is 18.3 Å². The zero-order valence-electron chi connectivity index (χ0n) is 19.4. The highest BCUT2D eigenvalue weighted by atomic mass is 32.2. The van der Waals surface area contributed by atoms with E-state index < -0.39 is 63.8 Å². The highest BCUT2D eigenvalue weighted by molar-refractivity contribution is 7.85. The Labute approximate surface area is 216 Å². The Hall–Kier alpha value is -3.72. The maximum atomic E-state index is 13.3. The number of ether oxygens (including phenoxy) is 1. The van der Waals surface area contributed by atoms with E-state index in [2.05, 4.69) is 10.1 Å². The summed E-state index contributed by atoms with van der Waals surface area (Å²) in [6.45, 7) is 0.0634. The van der Waals surface area contributed by atoms with Crippen molar-refractivity contribution in [2.24, 2.45) is 24.0 Å². The van der Waals surface area contributed by atoms with Crippen LogP contribution in [-0.2, 0) is 53.2 Å². The lowest BCUT2D eigenvalue weighted by Crippen LogP contribution is -2.78. The van der Waals surface area contributed by atoms with E-state index in [1.54, 1.807) is 0 Å². The number of carboxylic acids is 1. The topological polar surface area (TPSA) is 182 Å². The zero-order chi connectivity index (χ0) is 26.5. The minimum atomic E-state index is -2.21. The van der Waals surface area contributed by atoms with E-state index in [1.165, 1.54) is 5.38 Å². The highest BCUT2D eigenvalue weighted by Gasteiger charge is 2.72. The summed E-state index contributed by atoms with van der Waals surface area (Å²) >= 11 is 1.09. The summed E-state index contributed by atoms with van der Waals surface area (Å²) in [4.78, 5) is 60.8. The van der Waals surface area contributed by atoms with Gasteiger partial charge in [0, 0.05) is 46.0 Å². The molecule has 3 fully saturated rings. The molecule has 0 unspecified atom stereocenters. The first-order chi connectivity index (χ1) is 17.6. The number of rotatable bonds is 8. The van der Waals surface area contributed by atoms with Crippen LogP contribution in [0, 0.1) is 11.8 Å². The van der Waals surface area contributed by atoms with Crippen LogP contribution in [0.3, 0.4) is 0 Å². The number of carboxylic acid groups (broad SMARTS) is 1. The quantitative estimate of drug-likeness (QED) is 0.141. The molecule has 194 valence electrons. The van der Waals surface area contributed by atoms with E-state index in [4.69, 9.17) is 15.3 Å². The Bertz CT molecular complexity index is 1360. The number of hydrogen-bond donors (Lipinski definition) is 2. The molecule has 0 radical (unpaired) electrons. The lowest BCUT2D eigenvalue weighted by Gasteiger charge is -2.56. The van der Waals surface area contributed by atoms with Gasteiger partial charge in [-0.3, -0.25) is 23.5 Å². The fraction of sp³-hybridized carbons (Fsp3) is 0.409. The first-order valence-corrected chi connectivity index (χ1v) is 13.4. The fourth-order valence-electron chi connectivity index (χ4n) is 4.77. The van der Waals surface area contributed by atoms with Gasteiger partial charge in [-0.1, -0.05) is 5.16 Å². The minimum absolute atomic E-state index is 0.0634. The van der Waals surface area contributed by atoms with Gasteiger partial charge in [0.1, 0.15) is 24.7 Å². The largest absolute Gasteiger partial charge is 0.477 e. The molecule has 0 bridgehead atoms. The van der Waals surface area contributed by atoms with Crippen molar-refractivity contribution >= 4 is 56.6 Å². The fourth-order valence-corrected chi connectivity index (χ4v) is 7.33. The summed E-state index contributed by atoms with van der Waals surface area (Å²) in [5.41, 5.74) is 4.31. The zero-order valence-corrected chi connectivity index (χ0v) is 21.1. The number of pyridine rings is 1. The number of aryl methyl sites for hydroxylation is 1. The number of hydrogen-bond acceptors (Lipinski definition) is 11. The normalized spacial score (nSPS) is 28.7. The smallest absolute Gasteiger partial charge is 0.370 e. The van der Waals surface area contributed by atoms with Crippen molar-refractivity contribution < 1.29 is 42.6 Å². The number of fused-ring (bicyclic) bond motifs is 3. The summed E-state index contributed by atoms with van der Waals surface area (Å²) < 4.78 is 19.9. The number of thiazole rings is 1. The molecule has 0 saturated carbocycles. The third-order valence-corrected chi connectivity index (χ3v) is 9.04. The first kappa shape index (κ1) is 25.0. The van der Waals surface area contributed by atoms with Crippen molar-refractivity contribution in [3.05, 3.63) is 41.2 Å². The van der Waals surface area contributed by atoms with Gasteiger partial charge in [-0.25, -0.2) is 14.3 Å². The van der Waals surface area contributed by atoms with E-state index in [1.807, 2.05) is 36.1 Å². The second-order valence-electron chi connectivity index (χ2n) is 8.91. The molecule has 5 atom stereocenters. The van der Waals surface area contributed by atoms with E-state index in [9.17, 15) is 28.5 Å². The van der Waals surface area contributed by atoms with Crippen molar-refractivity contribution in [2.45, 2.75) is 30.5 Å². The van der Waals surface area contributed by atoms with Crippen LogP contribution in [0.2, 0.25) is 0 Å². The van der Waals surface area contributed by atoms with Crippen LogP contribution < -0.4 is 10.3 Å². The van der Waals surface area contributed by atoms with Crippen molar-refractivity contribution in [2.75, 3.05) is 11.5 Å². The van der Waals surface area contributed by atoms with E-state index >= 15 is 0 Å². The van der Waals surface area contributed by atoms with Crippen LogP contribution in [0.1, 0.15) is 24.1 Å². The highest BCUT2D eigenvalue weighted by Crippen LogP contribution is 2.50. The second-order valence-corrected chi connectivity index (χ2v) is 11.4. The molecule has 3 aliphatic rings. The summed E-state index contributed by atoms with van der Waals surface area (Å²) in [5.74, 6) is -5.79. The second kappa shape index (κ2) is 9.30. The van der Waals surface area contributed by atoms with E-state index in [0.29, 0.717) is 0 Å². The molecule has 0 aromatic carbocycles. The number of amides is 1. The Kier molecular flexibility index (Phi) is 6.27. The molecule has 3 saturated heterocycles. The molecule has 2 aromatic rings. The van der Waals surface area contributed by atoms with Gasteiger partial charge in [0.2, 0.25) is 5.91 Å². The van der Waals surface area contributed by atoms with Crippen molar-refractivity contribution in [1.82, 2.24) is 9.88 Å². The molecule has 15 heteroatoms. The first-order valence-electron chi connectivity index (χ1n) is 11.2. The Morgan fingerprint density at radius 1 is 1.41 bits per heavy atom. The van der Waals surface area contributed by atoms with Crippen molar-refractivity contribution in [3.63, 3.8) is 0 Å². The van der Waals surface area contributed by atoms with Crippen LogP contribution in [0.4, 0.5) is 5.13 Å². The number of anilines is 1. The van der Waals surface area contributed by atoms with Crippen LogP contribution in [0.15, 0.2) is 35.1 Å². The maximum absolute atomic E-state index is 13.3. The Morgan fingerprint density at radius 3 is 2.78 bits per heavy atom. The maximum Gasteiger partial charge on any atom is 0.370 e. The number of ketones is 1. The molecule has 3 N–H and O–H groups in total. The number of aromatic nitrogens is 2. The molecule has 3 aliphatic heterocycles. The average molecular weight is 549 g/mol. The van der Waals surface area contributed by atoms with Gasteiger partial charge < -0.3 is 20.4 Å². The third-order valence-electron chi connectivity index (χ3n) is 6.56. The standard InChI is InChI=1S/C22H21N5O8S2/c1-26-4-2-11(3-5-26)8-34-25-17(14-9-36-21(23)24-14)15(28)7-13-18(30)27-19(13)37(33)10-12-6-16(29)35-22(12,27)20(31)32/h2-5,9,12-13,19H,6-8,10H2,1H3,(H2-,23,24,31,32)/p+1/b25-17-/t12-,13+,19+,22+,37-/m0/s1. The van der Waals surface area contributed by atoms with Crippen LogP contribution in [0.5, 0.6) is 0 Å². The molecular formula is C22H22N5O8S2+. The Balaban J connectivity index is 1.37. The number of Topliss-reactive ketones (excluding diaryl/α,β-unsaturated/α-hetero) is 1. The molecule has 0 spiro atoms. The van der Waals surface area contributed by atoms with Crippen molar-refractivity contribution in [1.29, 1.82) is 0 Å². The minimum Gasteiger partial charge on any atom is -0.477 e. The van der Waals surface area contributed by atoms with Crippen molar-refractivity contribution in [3.8, 4) is 0 Å².